The summed E-state index contributed by atoms with van der Waals surface area (Å²) >= 11 is 5.82. The standard InChI is InChI=1S/C17H16ClFN2O2/c18-14-3-1-2-13(11-14)17(23)21-9-8-20-16(22)10-12-4-6-15(19)7-5-12/h1-7,11H,8-10H2,(H,20,22)(H,21,23). The van der Waals surface area contributed by atoms with Crippen LogP contribution in [0.15, 0.2) is 48.5 Å². The lowest BCUT2D eigenvalue weighted by Crippen LogP contribution is -2.35. The van der Waals surface area contributed by atoms with E-state index in [9.17, 15) is 14.0 Å². The van der Waals surface area contributed by atoms with Crippen LogP contribution in [0.3, 0.4) is 0 Å². The van der Waals surface area contributed by atoms with E-state index in [4.69, 9.17) is 11.6 Å². The predicted molar refractivity (Wildman–Crippen MR) is 86.9 cm³/mol. The van der Waals surface area contributed by atoms with E-state index in [0.717, 1.165) is 5.56 Å². The normalized spacial score (nSPS) is 10.2. The molecule has 0 aromatic heterocycles. The van der Waals surface area contributed by atoms with Gasteiger partial charge in [0.1, 0.15) is 5.82 Å². The topological polar surface area (TPSA) is 58.2 Å². The Hall–Kier alpha value is -2.40. The van der Waals surface area contributed by atoms with Gasteiger partial charge in [-0.2, -0.15) is 0 Å². The van der Waals surface area contributed by atoms with Crippen LogP contribution in [-0.4, -0.2) is 24.9 Å². The Kier molecular flexibility index (Phi) is 6.11. The summed E-state index contributed by atoms with van der Waals surface area (Å²) in [7, 11) is 0. The second-order valence-electron chi connectivity index (χ2n) is 4.92. The first kappa shape index (κ1) is 17.0. The van der Waals surface area contributed by atoms with Gasteiger partial charge in [-0.3, -0.25) is 9.59 Å². The highest BCUT2D eigenvalue weighted by atomic mass is 35.5. The summed E-state index contributed by atoms with van der Waals surface area (Å²) in [4.78, 5) is 23.6. The zero-order chi connectivity index (χ0) is 16.7. The molecule has 0 heterocycles. The van der Waals surface area contributed by atoms with Crippen molar-refractivity contribution in [3.63, 3.8) is 0 Å². The molecule has 0 radical (unpaired) electrons. The third-order valence-electron chi connectivity index (χ3n) is 3.10. The zero-order valence-corrected chi connectivity index (χ0v) is 13.1. The molecule has 2 aromatic rings. The maximum Gasteiger partial charge on any atom is 0.251 e. The Balaban J connectivity index is 1.69. The van der Waals surface area contributed by atoms with Crippen LogP contribution in [0.25, 0.3) is 0 Å². The molecular weight excluding hydrogens is 319 g/mol. The fraction of sp³-hybridized carbons (Fsp3) is 0.176. The minimum absolute atomic E-state index is 0.169. The first-order valence-electron chi connectivity index (χ1n) is 7.09. The van der Waals surface area contributed by atoms with Crippen molar-refractivity contribution in [3.05, 3.63) is 70.5 Å². The van der Waals surface area contributed by atoms with Crippen LogP contribution in [0.2, 0.25) is 5.02 Å². The number of nitrogens with one attached hydrogen (secondary N) is 2. The molecular formula is C17H16ClFN2O2. The fourth-order valence-corrected chi connectivity index (χ4v) is 2.15. The molecule has 2 amide bonds. The van der Waals surface area contributed by atoms with Crippen molar-refractivity contribution in [2.45, 2.75) is 6.42 Å². The van der Waals surface area contributed by atoms with Crippen LogP contribution in [0, 0.1) is 5.82 Å². The Labute approximate surface area is 138 Å². The van der Waals surface area contributed by atoms with Crippen LogP contribution in [0.4, 0.5) is 4.39 Å². The average Bonchev–Trinajstić information content (AvgIpc) is 2.53. The molecule has 0 saturated heterocycles. The molecule has 6 heteroatoms. The molecule has 2 rings (SSSR count). The molecule has 0 atom stereocenters. The van der Waals surface area contributed by atoms with Gasteiger partial charge < -0.3 is 10.6 Å². The van der Waals surface area contributed by atoms with Gasteiger partial charge in [-0.05, 0) is 35.9 Å². The summed E-state index contributed by atoms with van der Waals surface area (Å²) in [5, 5.41) is 5.87. The average molecular weight is 335 g/mol. The predicted octanol–water partition coefficient (Wildman–Crippen LogP) is 2.57. The number of halogens is 2. The van der Waals surface area contributed by atoms with Gasteiger partial charge in [0.05, 0.1) is 6.42 Å². The molecule has 4 nitrogen and oxygen atoms in total. The van der Waals surface area contributed by atoms with Crippen molar-refractivity contribution >= 4 is 23.4 Å². The quantitative estimate of drug-likeness (QED) is 0.798. The van der Waals surface area contributed by atoms with Crippen molar-refractivity contribution < 1.29 is 14.0 Å². The van der Waals surface area contributed by atoms with Gasteiger partial charge in [0.2, 0.25) is 5.91 Å². The van der Waals surface area contributed by atoms with Gasteiger partial charge in [-0.15, -0.1) is 0 Å². The highest BCUT2D eigenvalue weighted by Crippen LogP contribution is 2.10. The van der Waals surface area contributed by atoms with Crippen molar-refractivity contribution in [3.8, 4) is 0 Å². The maximum absolute atomic E-state index is 12.8. The molecule has 0 aliphatic rings. The van der Waals surface area contributed by atoms with E-state index >= 15 is 0 Å². The molecule has 0 aliphatic carbocycles. The summed E-state index contributed by atoms with van der Waals surface area (Å²) in [6.07, 6.45) is 0.169. The van der Waals surface area contributed by atoms with Crippen molar-refractivity contribution in [1.82, 2.24) is 10.6 Å². The van der Waals surface area contributed by atoms with Crippen LogP contribution < -0.4 is 10.6 Å². The Morgan fingerprint density at radius 2 is 1.70 bits per heavy atom. The molecule has 2 aromatic carbocycles. The van der Waals surface area contributed by atoms with E-state index in [0.29, 0.717) is 23.7 Å². The third kappa shape index (κ3) is 5.71. The summed E-state index contributed by atoms with van der Waals surface area (Å²) in [5.74, 6) is -0.771. The van der Waals surface area contributed by atoms with Gasteiger partial charge >= 0.3 is 0 Å². The summed E-state index contributed by atoms with van der Waals surface area (Å²) in [6.45, 7) is 0.618. The Bertz CT molecular complexity index is 689. The molecule has 0 unspecified atom stereocenters. The monoisotopic (exact) mass is 334 g/mol. The van der Waals surface area contributed by atoms with Crippen LogP contribution in [0.5, 0.6) is 0 Å². The smallest absolute Gasteiger partial charge is 0.251 e. The summed E-state index contributed by atoms with van der Waals surface area (Å²) in [6, 6.07) is 12.4. The molecule has 0 aliphatic heterocycles. The number of carbonyl (C=O) groups is 2. The molecule has 23 heavy (non-hydrogen) atoms. The van der Waals surface area contributed by atoms with E-state index in [-0.39, 0.29) is 24.1 Å². The zero-order valence-electron chi connectivity index (χ0n) is 12.3. The molecule has 0 fully saturated rings. The maximum atomic E-state index is 12.8. The SMILES string of the molecule is O=C(Cc1ccc(F)cc1)NCCNC(=O)c1cccc(Cl)c1. The number of carbonyl (C=O) groups excluding carboxylic acids is 2. The van der Waals surface area contributed by atoms with Crippen molar-refractivity contribution in [2.24, 2.45) is 0 Å². The third-order valence-corrected chi connectivity index (χ3v) is 3.33. The van der Waals surface area contributed by atoms with Gasteiger partial charge in [-0.1, -0.05) is 29.8 Å². The summed E-state index contributed by atoms with van der Waals surface area (Å²) < 4.78 is 12.8. The lowest BCUT2D eigenvalue weighted by Gasteiger charge is -2.07. The molecule has 0 saturated carbocycles. The first-order valence-corrected chi connectivity index (χ1v) is 7.47. The van der Waals surface area contributed by atoms with E-state index in [1.807, 2.05) is 0 Å². The highest BCUT2D eigenvalue weighted by molar-refractivity contribution is 6.30. The van der Waals surface area contributed by atoms with Crippen molar-refractivity contribution in [2.75, 3.05) is 13.1 Å². The highest BCUT2D eigenvalue weighted by Gasteiger charge is 2.06. The Morgan fingerprint density at radius 3 is 2.39 bits per heavy atom. The van der Waals surface area contributed by atoms with E-state index < -0.39 is 0 Å². The lowest BCUT2D eigenvalue weighted by molar-refractivity contribution is -0.120. The number of benzene rings is 2. The van der Waals surface area contributed by atoms with Gasteiger partial charge in [0.25, 0.3) is 5.91 Å². The first-order chi connectivity index (χ1) is 11.0. The number of hydrogen-bond donors (Lipinski definition) is 2. The number of rotatable bonds is 6. The van der Waals surface area contributed by atoms with Crippen LogP contribution in [0.1, 0.15) is 15.9 Å². The van der Waals surface area contributed by atoms with Gasteiger partial charge in [0, 0.05) is 23.7 Å². The lowest BCUT2D eigenvalue weighted by atomic mass is 10.1. The van der Waals surface area contributed by atoms with Crippen LogP contribution >= 0.6 is 11.6 Å². The second kappa shape index (κ2) is 8.29. The second-order valence-corrected chi connectivity index (χ2v) is 5.36. The van der Waals surface area contributed by atoms with E-state index in [2.05, 4.69) is 10.6 Å². The molecule has 2 N–H and O–H groups in total. The van der Waals surface area contributed by atoms with E-state index in [1.54, 1.807) is 36.4 Å². The Morgan fingerprint density at radius 1 is 1.00 bits per heavy atom. The fourth-order valence-electron chi connectivity index (χ4n) is 1.96. The molecule has 0 bridgehead atoms. The molecule has 120 valence electrons. The minimum atomic E-state index is -0.335. The van der Waals surface area contributed by atoms with Crippen molar-refractivity contribution in [1.29, 1.82) is 0 Å². The largest absolute Gasteiger partial charge is 0.354 e. The van der Waals surface area contributed by atoms with Crippen LogP contribution in [-0.2, 0) is 11.2 Å². The number of hydrogen-bond acceptors (Lipinski definition) is 2. The molecule has 0 spiro atoms. The number of amides is 2. The van der Waals surface area contributed by atoms with Gasteiger partial charge in [-0.25, -0.2) is 4.39 Å². The summed E-state index contributed by atoms with van der Waals surface area (Å²) in [5.41, 5.74) is 1.20. The minimum Gasteiger partial charge on any atom is -0.354 e. The van der Waals surface area contributed by atoms with E-state index in [1.165, 1.54) is 12.1 Å². The van der Waals surface area contributed by atoms with Gasteiger partial charge in [0.15, 0.2) is 0 Å².